The summed E-state index contributed by atoms with van der Waals surface area (Å²) in [6.45, 7) is 1.87. The minimum Gasteiger partial charge on any atom is -0.350 e. The summed E-state index contributed by atoms with van der Waals surface area (Å²) < 4.78 is 38.4. The van der Waals surface area contributed by atoms with Gasteiger partial charge in [-0.1, -0.05) is 35.3 Å². The maximum Gasteiger partial charge on any atom is 0.232 e. The Kier molecular flexibility index (Phi) is 7.69. The quantitative estimate of drug-likeness (QED) is 0.646. The van der Waals surface area contributed by atoms with Crippen molar-refractivity contribution in [2.75, 3.05) is 17.1 Å². The van der Waals surface area contributed by atoms with E-state index in [1.807, 2.05) is 0 Å². The Labute approximate surface area is 174 Å². The van der Waals surface area contributed by atoms with Crippen LogP contribution in [0.4, 0.5) is 10.1 Å². The van der Waals surface area contributed by atoms with Crippen LogP contribution in [-0.4, -0.2) is 27.1 Å². The van der Waals surface area contributed by atoms with E-state index in [0.717, 1.165) is 16.1 Å². The molecule has 0 bridgehead atoms. The van der Waals surface area contributed by atoms with Gasteiger partial charge in [0.1, 0.15) is 5.82 Å². The first kappa shape index (κ1) is 22.5. The van der Waals surface area contributed by atoms with E-state index in [4.69, 9.17) is 23.2 Å². The van der Waals surface area contributed by atoms with E-state index >= 15 is 0 Å². The van der Waals surface area contributed by atoms with Crippen LogP contribution in [0.15, 0.2) is 42.5 Å². The molecule has 1 unspecified atom stereocenters. The largest absolute Gasteiger partial charge is 0.350 e. The van der Waals surface area contributed by atoms with Gasteiger partial charge in [-0.05, 0) is 49.2 Å². The Morgan fingerprint density at radius 1 is 1.18 bits per heavy atom. The van der Waals surface area contributed by atoms with Crippen LogP contribution >= 0.6 is 23.2 Å². The second kappa shape index (κ2) is 9.58. The van der Waals surface area contributed by atoms with Crippen LogP contribution in [0, 0.1) is 5.82 Å². The summed E-state index contributed by atoms with van der Waals surface area (Å²) in [4.78, 5) is 12.2. The van der Waals surface area contributed by atoms with Gasteiger partial charge in [0.25, 0.3) is 0 Å². The Morgan fingerprint density at radius 3 is 2.43 bits per heavy atom. The molecule has 0 radical (unpaired) electrons. The molecule has 5 nitrogen and oxygen atoms in total. The van der Waals surface area contributed by atoms with Crippen molar-refractivity contribution >= 4 is 44.8 Å². The molecule has 1 N–H and O–H groups in total. The smallest absolute Gasteiger partial charge is 0.232 e. The van der Waals surface area contributed by atoms with Crippen molar-refractivity contribution in [3.63, 3.8) is 0 Å². The number of hydrogen-bond donors (Lipinski definition) is 1. The standard InChI is InChI=1S/C19H21Cl2FN2O3S/c1-13(14-5-8-16(22)9-6-14)23-19(25)4-3-11-24(28(2,26)27)18-12-15(20)7-10-17(18)21/h5-10,12-13H,3-4,11H2,1-2H3,(H,23,25). The van der Waals surface area contributed by atoms with Gasteiger partial charge in [0.2, 0.25) is 15.9 Å². The summed E-state index contributed by atoms with van der Waals surface area (Å²) in [7, 11) is -3.60. The number of nitrogens with one attached hydrogen (secondary N) is 1. The van der Waals surface area contributed by atoms with E-state index in [2.05, 4.69) is 5.32 Å². The van der Waals surface area contributed by atoms with Crippen LogP contribution in [0.1, 0.15) is 31.4 Å². The van der Waals surface area contributed by atoms with Gasteiger partial charge in [-0.2, -0.15) is 0 Å². The van der Waals surface area contributed by atoms with Crippen LogP contribution in [0.25, 0.3) is 0 Å². The second-order valence-corrected chi connectivity index (χ2v) is 9.13. The fourth-order valence-corrected chi connectivity index (χ4v) is 4.08. The maximum absolute atomic E-state index is 13.0. The van der Waals surface area contributed by atoms with Crippen LogP contribution < -0.4 is 9.62 Å². The van der Waals surface area contributed by atoms with Crippen LogP contribution in [-0.2, 0) is 14.8 Å². The number of rotatable bonds is 8. The third-order valence-corrected chi connectivity index (χ3v) is 5.82. The van der Waals surface area contributed by atoms with Crippen molar-refractivity contribution < 1.29 is 17.6 Å². The highest BCUT2D eigenvalue weighted by Crippen LogP contribution is 2.30. The second-order valence-electron chi connectivity index (χ2n) is 6.38. The molecule has 152 valence electrons. The van der Waals surface area contributed by atoms with Crippen LogP contribution in [0.2, 0.25) is 10.0 Å². The van der Waals surface area contributed by atoms with E-state index in [-0.39, 0.29) is 47.9 Å². The molecule has 0 aromatic heterocycles. The SMILES string of the molecule is CC(NC(=O)CCCN(c1cc(Cl)ccc1Cl)S(C)(=O)=O)c1ccc(F)cc1. The first-order valence-electron chi connectivity index (χ1n) is 8.55. The summed E-state index contributed by atoms with van der Waals surface area (Å²) >= 11 is 12.1. The predicted octanol–water partition coefficient (Wildman–Crippen LogP) is 4.56. The number of anilines is 1. The van der Waals surface area contributed by atoms with E-state index < -0.39 is 10.0 Å². The number of benzene rings is 2. The number of hydrogen-bond acceptors (Lipinski definition) is 3. The normalized spacial score (nSPS) is 12.5. The molecular weight excluding hydrogens is 426 g/mol. The highest BCUT2D eigenvalue weighted by atomic mass is 35.5. The minimum atomic E-state index is -3.60. The van der Waals surface area contributed by atoms with Gasteiger partial charge in [0, 0.05) is 18.0 Å². The van der Waals surface area contributed by atoms with Gasteiger partial charge in [-0.3, -0.25) is 9.10 Å². The molecule has 0 heterocycles. The molecule has 1 atom stereocenters. The van der Waals surface area contributed by atoms with Crippen molar-refractivity contribution in [3.8, 4) is 0 Å². The fraction of sp³-hybridized carbons (Fsp3) is 0.316. The predicted molar refractivity (Wildman–Crippen MR) is 111 cm³/mol. The zero-order chi connectivity index (χ0) is 20.9. The summed E-state index contributed by atoms with van der Waals surface area (Å²) in [6, 6.07) is 10.1. The summed E-state index contributed by atoms with van der Waals surface area (Å²) in [5.41, 5.74) is 1.05. The fourth-order valence-electron chi connectivity index (χ4n) is 2.67. The number of amides is 1. The molecule has 0 aliphatic rings. The topological polar surface area (TPSA) is 66.5 Å². The Hall–Kier alpha value is -1.83. The molecule has 1 amide bonds. The third kappa shape index (κ3) is 6.36. The van der Waals surface area contributed by atoms with Gasteiger partial charge in [-0.15, -0.1) is 0 Å². The highest BCUT2D eigenvalue weighted by Gasteiger charge is 2.21. The monoisotopic (exact) mass is 446 g/mol. The zero-order valence-electron chi connectivity index (χ0n) is 15.5. The molecule has 0 fully saturated rings. The number of sulfonamides is 1. The molecule has 2 rings (SSSR count). The molecule has 0 aliphatic carbocycles. The first-order valence-corrected chi connectivity index (χ1v) is 11.2. The van der Waals surface area contributed by atoms with Gasteiger partial charge in [0.15, 0.2) is 0 Å². The number of halogens is 3. The number of carbonyl (C=O) groups is 1. The average molecular weight is 447 g/mol. The van der Waals surface area contributed by atoms with Gasteiger partial charge in [-0.25, -0.2) is 12.8 Å². The van der Waals surface area contributed by atoms with Crippen molar-refractivity contribution in [2.24, 2.45) is 0 Å². The lowest BCUT2D eigenvalue weighted by molar-refractivity contribution is -0.121. The van der Waals surface area contributed by atoms with Gasteiger partial charge < -0.3 is 5.32 Å². The summed E-state index contributed by atoms with van der Waals surface area (Å²) in [5, 5.41) is 3.43. The van der Waals surface area contributed by atoms with E-state index in [1.54, 1.807) is 25.1 Å². The Morgan fingerprint density at radius 2 is 1.82 bits per heavy atom. The molecule has 0 spiro atoms. The lowest BCUT2D eigenvalue weighted by Crippen LogP contribution is -2.32. The molecular formula is C19H21Cl2FN2O3S. The molecule has 0 saturated carbocycles. The summed E-state index contributed by atoms with van der Waals surface area (Å²) in [6.07, 6.45) is 1.48. The lowest BCUT2D eigenvalue weighted by atomic mass is 10.1. The van der Waals surface area contributed by atoms with E-state index in [1.165, 1.54) is 24.3 Å². The van der Waals surface area contributed by atoms with Crippen molar-refractivity contribution in [2.45, 2.75) is 25.8 Å². The third-order valence-electron chi connectivity index (χ3n) is 4.09. The molecule has 2 aromatic rings. The lowest BCUT2D eigenvalue weighted by Gasteiger charge is -2.23. The molecule has 0 saturated heterocycles. The first-order chi connectivity index (χ1) is 13.1. The van der Waals surface area contributed by atoms with Gasteiger partial charge >= 0.3 is 0 Å². The molecule has 0 aliphatic heterocycles. The number of nitrogens with zero attached hydrogens (tertiary/aromatic N) is 1. The van der Waals surface area contributed by atoms with Crippen LogP contribution in [0.3, 0.4) is 0 Å². The maximum atomic E-state index is 13.0. The molecule has 2 aromatic carbocycles. The Balaban J connectivity index is 1.97. The highest BCUT2D eigenvalue weighted by molar-refractivity contribution is 7.92. The van der Waals surface area contributed by atoms with Gasteiger partial charge in [0.05, 0.1) is 23.0 Å². The average Bonchev–Trinajstić information content (AvgIpc) is 2.60. The van der Waals surface area contributed by atoms with Crippen LogP contribution in [0.5, 0.6) is 0 Å². The Bertz CT molecular complexity index is 937. The minimum absolute atomic E-state index is 0.0806. The van der Waals surface area contributed by atoms with Crippen molar-refractivity contribution in [1.29, 1.82) is 0 Å². The summed E-state index contributed by atoms with van der Waals surface area (Å²) in [5.74, 6) is -0.578. The molecule has 28 heavy (non-hydrogen) atoms. The van der Waals surface area contributed by atoms with Crippen molar-refractivity contribution in [3.05, 3.63) is 63.9 Å². The van der Waals surface area contributed by atoms with Crippen molar-refractivity contribution in [1.82, 2.24) is 5.32 Å². The zero-order valence-corrected chi connectivity index (χ0v) is 17.8. The van der Waals surface area contributed by atoms with E-state index in [9.17, 15) is 17.6 Å². The molecule has 9 heteroatoms. The number of carbonyl (C=O) groups excluding carboxylic acids is 1. The van der Waals surface area contributed by atoms with E-state index in [0.29, 0.717) is 5.02 Å².